The largest absolute Gasteiger partial charge is 0.356 e. The molecule has 1 fully saturated rings. The van der Waals surface area contributed by atoms with Gasteiger partial charge in [-0.3, -0.25) is 9.67 Å². The maximum atomic E-state index is 4.52. The topological polar surface area (TPSA) is 57.5 Å². The number of piperidine rings is 1. The number of guanidine groups is 1. The lowest BCUT2D eigenvalue weighted by Gasteiger charge is -2.35. The van der Waals surface area contributed by atoms with Crippen LogP contribution in [0.15, 0.2) is 4.99 Å². The molecule has 1 aliphatic heterocycles. The molecule has 6 heteroatoms. The van der Waals surface area contributed by atoms with E-state index < -0.39 is 0 Å². The van der Waals surface area contributed by atoms with E-state index in [4.69, 9.17) is 0 Å². The van der Waals surface area contributed by atoms with Crippen molar-refractivity contribution in [1.29, 1.82) is 0 Å². The van der Waals surface area contributed by atoms with E-state index in [1.54, 1.807) is 0 Å². The molecule has 1 aromatic rings. The Morgan fingerprint density at radius 2 is 2.04 bits per heavy atom. The van der Waals surface area contributed by atoms with Gasteiger partial charge in [-0.25, -0.2) is 0 Å². The first-order chi connectivity index (χ1) is 12.3. The van der Waals surface area contributed by atoms with Crippen molar-refractivity contribution in [2.24, 2.45) is 18.0 Å². The van der Waals surface area contributed by atoms with Crippen molar-refractivity contribution in [3.8, 4) is 0 Å². The second kappa shape index (κ2) is 9.40. The summed E-state index contributed by atoms with van der Waals surface area (Å²) in [6.45, 7) is 14.4. The minimum absolute atomic E-state index is 0.307. The molecule has 2 heterocycles. The molecule has 2 N–H and O–H groups in total. The van der Waals surface area contributed by atoms with Gasteiger partial charge in [-0.2, -0.15) is 5.10 Å². The molecule has 148 valence electrons. The number of nitrogens with zero attached hydrogens (tertiary/aromatic N) is 4. The summed E-state index contributed by atoms with van der Waals surface area (Å²) in [5, 5.41) is 11.6. The lowest BCUT2D eigenvalue weighted by Crippen LogP contribution is -2.48. The molecule has 1 aromatic heterocycles. The summed E-state index contributed by atoms with van der Waals surface area (Å²) >= 11 is 0. The molecule has 0 radical (unpaired) electrons. The van der Waals surface area contributed by atoms with Gasteiger partial charge >= 0.3 is 0 Å². The van der Waals surface area contributed by atoms with Gasteiger partial charge in [0.2, 0.25) is 0 Å². The van der Waals surface area contributed by atoms with Gasteiger partial charge in [0.1, 0.15) is 0 Å². The van der Waals surface area contributed by atoms with Crippen molar-refractivity contribution in [2.75, 3.05) is 26.7 Å². The molecule has 2 rings (SSSR count). The Balaban J connectivity index is 1.83. The van der Waals surface area contributed by atoms with Crippen LogP contribution in [0.25, 0.3) is 0 Å². The normalized spacial score (nSPS) is 20.5. The highest BCUT2D eigenvalue weighted by Crippen LogP contribution is 2.18. The number of aryl methyl sites for hydroxylation is 2. The van der Waals surface area contributed by atoms with Gasteiger partial charge in [0.15, 0.2) is 5.96 Å². The standard InChI is InChI=1S/C20H38N6/c1-14(2)26-10-8-9-18(13-26)12-22-20(21-6)23-15(3)11-19-16(4)24-25(7)17(19)5/h14-15,18H,8-13H2,1-7H3,(H2,21,22,23). The second-order valence-corrected chi connectivity index (χ2v) is 8.07. The Morgan fingerprint density at radius 1 is 1.31 bits per heavy atom. The van der Waals surface area contributed by atoms with Crippen molar-refractivity contribution >= 4 is 5.96 Å². The van der Waals surface area contributed by atoms with Crippen molar-refractivity contribution in [2.45, 2.75) is 66.0 Å². The van der Waals surface area contributed by atoms with Crippen molar-refractivity contribution in [1.82, 2.24) is 25.3 Å². The SMILES string of the molecule is CN=C(NCC1CCCN(C(C)C)C1)NC(C)Cc1c(C)nn(C)c1C. The highest BCUT2D eigenvalue weighted by atomic mass is 15.3. The third-order valence-corrected chi connectivity index (χ3v) is 5.61. The van der Waals surface area contributed by atoms with Crippen LogP contribution in [0.1, 0.15) is 50.6 Å². The van der Waals surface area contributed by atoms with Crippen LogP contribution in [-0.2, 0) is 13.5 Å². The Kier molecular flexibility index (Phi) is 7.50. The number of likely N-dealkylation sites (tertiary alicyclic amines) is 1. The summed E-state index contributed by atoms with van der Waals surface area (Å²) in [5.41, 5.74) is 3.70. The zero-order valence-electron chi connectivity index (χ0n) is 17.8. The molecule has 0 spiro atoms. The molecule has 0 aromatic carbocycles. The maximum Gasteiger partial charge on any atom is 0.191 e. The van der Waals surface area contributed by atoms with Gasteiger partial charge in [0.25, 0.3) is 0 Å². The maximum absolute atomic E-state index is 4.52. The lowest BCUT2D eigenvalue weighted by molar-refractivity contribution is 0.141. The van der Waals surface area contributed by atoms with Crippen LogP contribution in [0.5, 0.6) is 0 Å². The van der Waals surface area contributed by atoms with E-state index in [0.717, 1.165) is 24.6 Å². The number of rotatable bonds is 6. The Hall–Kier alpha value is -1.56. The van der Waals surface area contributed by atoms with Crippen LogP contribution >= 0.6 is 0 Å². The molecule has 1 aliphatic rings. The van der Waals surface area contributed by atoms with Gasteiger partial charge in [0.05, 0.1) is 5.69 Å². The van der Waals surface area contributed by atoms with Crippen LogP contribution in [0, 0.1) is 19.8 Å². The van der Waals surface area contributed by atoms with Gasteiger partial charge in [-0.15, -0.1) is 0 Å². The van der Waals surface area contributed by atoms with E-state index >= 15 is 0 Å². The molecule has 0 amide bonds. The molecule has 0 aliphatic carbocycles. The number of aliphatic imine (C=N–C) groups is 1. The lowest BCUT2D eigenvalue weighted by atomic mass is 9.97. The highest BCUT2D eigenvalue weighted by molar-refractivity contribution is 5.79. The Labute approximate surface area is 159 Å². The molecule has 6 nitrogen and oxygen atoms in total. The van der Waals surface area contributed by atoms with E-state index in [1.165, 1.54) is 37.2 Å². The molecule has 1 saturated heterocycles. The Morgan fingerprint density at radius 3 is 2.62 bits per heavy atom. The number of hydrogen-bond donors (Lipinski definition) is 2. The van der Waals surface area contributed by atoms with Crippen LogP contribution < -0.4 is 10.6 Å². The first-order valence-electron chi connectivity index (χ1n) is 10.0. The first kappa shape index (κ1) is 20.7. The summed E-state index contributed by atoms with van der Waals surface area (Å²) in [4.78, 5) is 7.00. The molecular formula is C20H38N6. The fraction of sp³-hybridized carbons (Fsp3) is 0.800. The predicted octanol–water partition coefficient (Wildman–Crippen LogP) is 2.25. The van der Waals surface area contributed by atoms with Crippen molar-refractivity contribution < 1.29 is 0 Å². The van der Waals surface area contributed by atoms with E-state index in [-0.39, 0.29) is 0 Å². The van der Waals surface area contributed by atoms with Gasteiger partial charge in [0, 0.05) is 45.0 Å². The number of nitrogens with one attached hydrogen (secondary N) is 2. The molecule has 26 heavy (non-hydrogen) atoms. The van der Waals surface area contributed by atoms with Crippen LogP contribution in [-0.4, -0.2) is 59.4 Å². The van der Waals surface area contributed by atoms with Crippen LogP contribution in [0.2, 0.25) is 0 Å². The monoisotopic (exact) mass is 362 g/mol. The zero-order valence-corrected chi connectivity index (χ0v) is 17.8. The van der Waals surface area contributed by atoms with Crippen molar-refractivity contribution in [3.63, 3.8) is 0 Å². The fourth-order valence-electron chi connectivity index (χ4n) is 3.87. The minimum Gasteiger partial charge on any atom is -0.356 e. The summed E-state index contributed by atoms with van der Waals surface area (Å²) in [7, 11) is 3.86. The third kappa shape index (κ3) is 5.47. The van der Waals surface area contributed by atoms with Gasteiger partial charge in [-0.1, -0.05) is 0 Å². The average Bonchev–Trinajstić information content (AvgIpc) is 2.85. The quantitative estimate of drug-likeness (QED) is 0.602. The predicted molar refractivity (Wildman–Crippen MR) is 110 cm³/mol. The number of aromatic nitrogens is 2. The highest BCUT2D eigenvalue weighted by Gasteiger charge is 2.22. The van der Waals surface area contributed by atoms with Crippen LogP contribution in [0.4, 0.5) is 0 Å². The van der Waals surface area contributed by atoms with Gasteiger partial charge < -0.3 is 15.5 Å². The molecule has 2 unspecified atom stereocenters. The van der Waals surface area contributed by atoms with Gasteiger partial charge in [-0.05, 0) is 71.9 Å². The average molecular weight is 363 g/mol. The van der Waals surface area contributed by atoms with Crippen LogP contribution in [0.3, 0.4) is 0 Å². The summed E-state index contributed by atoms with van der Waals surface area (Å²) in [6, 6.07) is 0.947. The molecule has 0 saturated carbocycles. The zero-order chi connectivity index (χ0) is 19.3. The summed E-state index contributed by atoms with van der Waals surface area (Å²) in [6.07, 6.45) is 3.56. The van der Waals surface area contributed by atoms with Crippen molar-refractivity contribution in [3.05, 3.63) is 17.0 Å². The molecule has 2 atom stereocenters. The van der Waals surface area contributed by atoms with E-state index in [2.05, 4.69) is 60.2 Å². The Bertz CT molecular complexity index is 604. The van der Waals surface area contributed by atoms with E-state index in [9.17, 15) is 0 Å². The molecular weight excluding hydrogens is 324 g/mol. The molecule has 0 bridgehead atoms. The smallest absolute Gasteiger partial charge is 0.191 e. The third-order valence-electron chi connectivity index (χ3n) is 5.61. The second-order valence-electron chi connectivity index (χ2n) is 8.07. The summed E-state index contributed by atoms with van der Waals surface area (Å²) < 4.78 is 1.97. The first-order valence-corrected chi connectivity index (χ1v) is 10.0. The number of hydrogen-bond acceptors (Lipinski definition) is 3. The van der Waals surface area contributed by atoms with E-state index in [1.807, 2.05) is 18.8 Å². The summed E-state index contributed by atoms with van der Waals surface area (Å²) in [5.74, 6) is 1.60. The minimum atomic E-state index is 0.307. The van der Waals surface area contributed by atoms with E-state index in [0.29, 0.717) is 18.0 Å². The fourth-order valence-corrected chi connectivity index (χ4v) is 3.87.